The largest absolute Gasteiger partial charge is 0.465 e. The molecule has 3 aromatic heterocycles. The van der Waals surface area contributed by atoms with Gasteiger partial charge in [0.25, 0.3) is 0 Å². The number of carbonyl (C=O) groups excluding carboxylic acids is 4. The number of nitrogens with zero attached hydrogens (tertiary/aromatic N) is 6. The maximum atomic E-state index is 14.0. The fraction of sp³-hybridized carbons (Fsp3) is 0.355. The number of esters is 1. The SMILES string of the molecule is COC(=O)c1cc2c(cc1-c1cnc(C)nc1)c(C(C)=O)nn2CC(=O)N1C2C[C@]2(C)C[C@H]1C(=O)Nc1nc(Br)ccc1C. The van der Waals surface area contributed by atoms with Gasteiger partial charge in [-0.05, 0) is 71.8 Å². The number of rotatable bonds is 7. The van der Waals surface area contributed by atoms with Gasteiger partial charge in [0.1, 0.15) is 34.5 Å². The Kier molecular flexibility index (Phi) is 7.31. The van der Waals surface area contributed by atoms with Gasteiger partial charge in [-0.3, -0.25) is 19.1 Å². The molecule has 1 aliphatic heterocycles. The Hall–Kier alpha value is -4.52. The molecule has 12 nitrogen and oxygen atoms in total. The molecular weight excluding hydrogens is 630 g/mol. The van der Waals surface area contributed by atoms with Gasteiger partial charge in [0, 0.05) is 41.9 Å². The van der Waals surface area contributed by atoms with Gasteiger partial charge in [-0.15, -0.1) is 0 Å². The van der Waals surface area contributed by atoms with Gasteiger partial charge in [0.2, 0.25) is 11.8 Å². The molecule has 1 saturated carbocycles. The molecule has 4 aromatic rings. The van der Waals surface area contributed by atoms with Gasteiger partial charge in [0.15, 0.2) is 5.78 Å². The van der Waals surface area contributed by atoms with Crippen molar-refractivity contribution in [1.29, 1.82) is 0 Å². The fourth-order valence-corrected chi connectivity index (χ4v) is 6.36. The van der Waals surface area contributed by atoms with Gasteiger partial charge in [-0.1, -0.05) is 13.0 Å². The Morgan fingerprint density at radius 3 is 2.52 bits per heavy atom. The van der Waals surface area contributed by atoms with Crippen LogP contribution in [0, 0.1) is 19.3 Å². The van der Waals surface area contributed by atoms with E-state index in [-0.39, 0.29) is 46.9 Å². The second-order valence-electron chi connectivity index (χ2n) is 11.7. The highest BCUT2D eigenvalue weighted by molar-refractivity contribution is 9.10. The molecule has 1 unspecified atom stereocenters. The molecule has 44 heavy (non-hydrogen) atoms. The number of amides is 2. The molecule has 226 valence electrons. The van der Waals surface area contributed by atoms with Gasteiger partial charge < -0.3 is 15.0 Å². The van der Waals surface area contributed by atoms with Crippen molar-refractivity contribution in [3.63, 3.8) is 0 Å². The molecule has 0 spiro atoms. The lowest BCUT2D eigenvalue weighted by Gasteiger charge is -2.27. The van der Waals surface area contributed by atoms with Crippen molar-refractivity contribution in [2.75, 3.05) is 12.4 Å². The summed E-state index contributed by atoms with van der Waals surface area (Å²) < 4.78 is 7.07. The lowest BCUT2D eigenvalue weighted by atomic mass is 9.98. The number of fused-ring (bicyclic) bond motifs is 2. The van der Waals surface area contributed by atoms with E-state index in [4.69, 9.17) is 4.74 Å². The predicted molar refractivity (Wildman–Crippen MR) is 164 cm³/mol. The lowest BCUT2D eigenvalue weighted by molar-refractivity contribution is -0.138. The summed E-state index contributed by atoms with van der Waals surface area (Å²) in [5, 5.41) is 7.88. The first kappa shape index (κ1) is 29.5. The van der Waals surface area contributed by atoms with Crippen molar-refractivity contribution < 1.29 is 23.9 Å². The van der Waals surface area contributed by atoms with Crippen molar-refractivity contribution >= 4 is 56.2 Å². The van der Waals surface area contributed by atoms with Crippen molar-refractivity contribution in [1.82, 2.24) is 29.6 Å². The topological polar surface area (TPSA) is 149 Å². The molecule has 0 bridgehead atoms. The summed E-state index contributed by atoms with van der Waals surface area (Å²) in [7, 11) is 1.28. The molecule has 6 rings (SSSR count). The molecule has 4 heterocycles. The second kappa shape index (κ2) is 10.9. The van der Waals surface area contributed by atoms with Crippen molar-refractivity contribution in [3.8, 4) is 11.1 Å². The van der Waals surface area contributed by atoms with Gasteiger partial charge >= 0.3 is 5.97 Å². The van der Waals surface area contributed by atoms with E-state index in [1.807, 2.05) is 13.0 Å². The van der Waals surface area contributed by atoms with Crippen LogP contribution in [-0.4, -0.2) is 72.4 Å². The average Bonchev–Trinajstić information content (AvgIpc) is 3.36. The lowest BCUT2D eigenvalue weighted by Crippen LogP contribution is -2.47. The van der Waals surface area contributed by atoms with Crippen LogP contribution < -0.4 is 5.32 Å². The number of ketones is 1. The van der Waals surface area contributed by atoms with E-state index in [0.717, 1.165) is 12.0 Å². The van der Waals surface area contributed by atoms with Crippen LogP contribution in [0.4, 0.5) is 5.82 Å². The number of pyridine rings is 1. The van der Waals surface area contributed by atoms with Gasteiger partial charge in [0.05, 0.1) is 18.2 Å². The monoisotopic (exact) mass is 659 g/mol. The third-order valence-electron chi connectivity index (χ3n) is 8.54. The van der Waals surface area contributed by atoms with Crippen LogP contribution in [0.5, 0.6) is 0 Å². The van der Waals surface area contributed by atoms with Crippen LogP contribution in [0.2, 0.25) is 0 Å². The Morgan fingerprint density at radius 1 is 1.11 bits per heavy atom. The minimum Gasteiger partial charge on any atom is -0.465 e. The minimum atomic E-state index is -0.695. The van der Waals surface area contributed by atoms with E-state index in [2.05, 4.69) is 48.2 Å². The van der Waals surface area contributed by atoms with Crippen LogP contribution in [0.3, 0.4) is 0 Å². The van der Waals surface area contributed by atoms with E-state index in [0.29, 0.717) is 44.7 Å². The Bertz CT molecular complexity index is 1870. The first-order chi connectivity index (χ1) is 20.9. The third-order valence-corrected chi connectivity index (χ3v) is 8.98. The number of likely N-dealkylation sites (tertiary alicyclic amines) is 1. The number of carbonyl (C=O) groups is 4. The molecule has 2 amide bonds. The number of methoxy groups -OCH3 is 1. The third kappa shape index (κ3) is 5.14. The van der Waals surface area contributed by atoms with Crippen molar-refractivity contribution in [2.45, 2.75) is 59.2 Å². The molecule has 1 aliphatic carbocycles. The normalized spacial score (nSPS) is 20.4. The Labute approximate surface area is 261 Å². The van der Waals surface area contributed by atoms with Crippen LogP contribution in [0.15, 0.2) is 41.3 Å². The summed E-state index contributed by atoms with van der Waals surface area (Å²) in [6.07, 6.45) is 4.50. The van der Waals surface area contributed by atoms with E-state index in [9.17, 15) is 19.2 Å². The van der Waals surface area contributed by atoms with Gasteiger partial charge in [-0.25, -0.2) is 19.7 Å². The zero-order chi connectivity index (χ0) is 31.5. The number of ether oxygens (including phenoxy) is 1. The fourth-order valence-electron chi connectivity index (χ4n) is 6.05. The van der Waals surface area contributed by atoms with E-state index in [1.54, 1.807) is 42.4 Å². The second-order valence-corrected chi connectivity index (χ2v) is 12.5. The molecule has 1 saturated heterocycles. The molecule has 2 aliphatic rings. The molecule has 1 N–H and O–H groups in total. The zero-order valence-electron chi connectivity index (χ0n) is 24.8. The summed E-state index contributed by atoms with van der Waals surface area (Å²) in [6, 6.07) is 6.10. The van der Waals surface area contributed by atoms with Crippen molar-refractivity contribution in [2.24, 2.45) is 5.41 Å². The maximum Gasteiger partial charge on any atom is 0.338 e. The molecule has 2 fully saturated rings. The first-order valence-corrected chi connectivity index (χ1v) is 14.9. The summed E-state index contributed by atoms with van der Waals surface area (Å²) in [5.74, 6) is -0.542. The summed E-state index contributed by atoms with van der Waals surface area (Å²) in [4.78, 5) is 67.6. The van der Waals surface area contributed by atoms with E-state index in [1.165, 1.54) is 18.7 Å². The number of benzene rings is 1. The first-order valence-electron chi connectivity index (χ1n) is 14.1. The summed E-state index contributed by atoms with van der Waals surface area (Å²) in [6.45, 7) is 6.83. The summed E-state index contributed by atoms with van der Waals surface area (Å²) >= 11 is 3.34. The number of piperidine rings is 1. The van der Waals surface area contributed by atoms with Crippen LogP contribution >= 0.6 is 15.9 Å². The number of aryl methyl sites for hydroxylation is 2. The number of Topliss-reactive ketones (excluding diaryl/α,β-unsaturated/α-hetero) is 1. The van der Waals surface area contributed by atoms with Crippen molar-refractivity contribution in [3.05, 3.63) is 63.9 Å². The number of anilines is 1. The molecule has 3 atom stereocenters. The number of hydrogen-bond acceptors (Lipinski definition) is 9. The molecule has 1 aromatic carbocycles. The standard InChI is InChI=1S/C31H30BrN7O5/c1-15-6-7-25(32)35-28(15)36-29(42)23-10-31(4)11-24(31)39(23)26(41)14-38-22-9-20(30(43)44-5)19(18-12-33-17(3)34-13-18)8-21(22)27(37-38)16(2)40/h6-9,12-13,23-24H,10-11,14H2,1-5H3,(H,35,36,42)/t23-,24?,31-/m0/s1. The smallest absolute Gasteiger partial charge is 0.338 e. The minimum absolute atomic E-state index is 0.0878. The van der Waals surface area contributed by atoms with Crippen LogP contribution in [0.1, 0.15) is 58.9 Å². The average molecular weight is 661 g/mol. The number of aromatic nitrogens is 5. The van der Waals surface area contributed by atoms with Gasteiger partial charge in [-0.2, -0.15) is 5.10 Å². The maximum absolute atomic E-state index is 14.0. The number of halogens is 1. The molecular formula is C31H30BrN7O5. The summed E-state index contributed by atoms with van der Waals surface area (Å²) in [5.41, 5.74) is 2.45. The zero-order valence-corrected chi connectivity index (χ0v) is 26.4. The van der Waals surface area contributed by atoms with E-state index < -0.39 is 12.0 Å². The highest BCUT2D eigenvalue weighted by Crippen LogP contribution is 2.59. The Balaban J connectivity index is 1.36. The molecule has 0 radical (unpaired) electrons. The quantitative estimate of drug-likeness (QED) is 0.174. The predicted octanol–water partition coefficient (Wildman–Crippen LogP) is 4.28. The van der Waals surface area contributed by atoms with Crippen LogP contribution in [-0.2, 0) is 20.9 Å². The molecule has 13 heteroatoms. The highest BCUT2D eigenvalue weighted by atomic mass is 79.9. The highest BCUT2D eigenvalue weighted by Gasteiger charge is 2.64. The Morgan fingerprint density at radius 2 is 1.84 bits per heavy atom. The number of nitrogens with one attached hydrogen (secondary N) is 1. The van der Waals surface area contributed by atoms with E-state index >= 15 is 0 Å². The van der Waals surface area contributed by atoms with Crippen LogP contribution in [0.25, 0.3) is 22.0 Å². The number of hydrogen-bond donors (Lipinski definition) is 1.